The van der Waals surface area contributed by atoms with Crippen LogP contribution in [0, 0.1) is 10.8 Å². The van der Waals surface area contributed by atoms with Crippen molar-refractivity contribution in [2.75, 3.05) is 7.05 Å². The van der Waals surface area contributed by atoms with Crippen molar-refractivity contribution in [1.82, 2.24) is 0 Å². The van der Waals surface area contributed by atoms with Gasteiger partial charge in [0.2, 0.25) is 5.70 Å². The Morgan fingerprint density at radius 3 is 1.75 bits per heavy atom. The zero-order chi connectivity index (χ0) is 15.1. The van der Waals surface area contributed by atoms with Gasteiger partial charge in [-0.1, -0.05) is 41.5 Å². The van der Waals surface area contributed by atoms with E-state index in [4.69, 9.17) is 4.74 Å². The van der Waals surface area contributed by atoms with E-state index < -0.39 is 0 Å². The lowest BCUT2D eigenvalue weighted by Crippen LogP contribution is -2.21. The number of nitrogens with zero attached hydrogens (tertiary/aromatic N) is 1. The van der Waals surface area contributed by atoms with E-state index in [9.17, 15) is 0 Å². The quantitative estimate of drug-likeness (QED) is 0.595. The van der Waals surface area contributed by atoms with Crippen LogP contribution in [0.2, 0.25) is 0 Å². The number of ether oxygens (including phenoxy) is 1. The zero-order valence-electron chi connectivity index (χ0n) is 13.7. The Hall–Kier alpha value is -1.57. The minimum absolute atomic E-state index is 0.00116. The molecule has 2 aliphatic rings. The van der Waals surface area contributed by atoms with Crippen molar-refractivity contribution in [3.63, 3.8) is 0 Å². The van der Waals surface area contributed by atoms with Crippen LogP contribution in [0.15, 0.2) is 47.1 Å². The highest BCUT2D eigenvalue weighted by atomic mass is 16.5. The Bertz CT molecular complexity index is 538. The third-order valence-corrected chi connectivity index (χ3v) is 3.51. The summed E-state index contributed by atoms with van der Waals surface area (Å²) < 4.78 is 8.32. The molecular weight excluding hydrogens is 246 g/mol. The fraction of sp³-hybridized carbons (Fsp3) is 0.500. The first-order valence-corrected chi connectivity index (χ1v) is 7.20. The lowest BCUT2D eigenvalue weighted by Gasteiger charge is -2.32. The van der Waals surface area contributed by atoms with Crippen LogP contribution in [-0.2, 0) is 4.74 Å². The number of hydrogen-bond acceptors (Lipinski definition) is 1. The summed E-state index contributed by atoms with van der Waals surface area (Å²) in [6.45, 7) is 13.1. The van der Waals surface area contributed by atoms with Crippen LogP contribution < -0.4 is 0 Å². The summed E-state index contributed by atoms with van der Waals surface area (Å²) in [7, 11) is 2.08. The molecule has 108 valence electrons. The predicted octanol–water partition coefficient (Wildman–Crippen LogP) is 4.41. The van der Waals surface area contributed by atoms with Crippen LogP contribution in [0.1, 0.15) is 41.5 Å². The Balaban J connectivity index is 2.56. The van der Waals surface area contributed by atoms with Gasteiger partial charge in [-0.05, 0) is 12.2 Å². The average molecular weight is 272 g/mol. The normalized spacial score (nSPS) is 19.6. The van der Waals surface area contributed by atoms with E-state index in [-0.39, 0.29) is 10.8 Å². The van der Waals surface area contributed by atoms with Crippen molar-refractivity contribution >= 4 is 6.21 Å². The zero-order valence-corrected chi connectivity index (χ0v) is 13.7. The highest BCUT2D eigenvalue weighted by Crippen LogP contribution is 2.39. The highest BCUT2D eigenvalue weighted by molar-refractivity contribution is 5.71. The molecule has 0 aliphatic carbocycles. The Morgan fingerprint density at radius 1 is 0.900 bits per heavy atom. The van der Waals surface area contributed by atoms with Gasteiger partial charge in [0, 0.05) is 23.0 Å². The van der Waals surface area contributed by atoms with Crippen LogP contribution >= 0.6 is 0 Å². The molecule has 2 rings (SSSR count). The molecule has 2 heterocycles. The SMILES string of the molecule is C[N+]1=CC=CC1=C1C=C(C(C)(C)C)OC(C(C)(C)C)=C1. The van der Waals surface area contributed by atoms with E-state index in [0.717, 1.165) is 11.5 Å². The smallest absolute Gasteiger partial charge is 0.212 e. The second-order valence-corrected chi connectivity index (χ2v) is 7.58. The molecule has 0 aromatic heterocycles. The van der Waals surface area contributed by atoms with Gasteiger partial charge < -0.3 is 4.74 Å². The Labute approximate surface area is 122 Å². The monoisotopic (exact) mass is 272 g/mol. The van der Waals surface area contributed by atoms with Crippen LogP contribution in [0.5, 0.6) is 0 Å². The molecule has 0 saturated heterocycles. The van der Waals surface area contributed by atoms with Gasteiger partial charge in [0.05, 0.1) is 5.57 Å². The molecule has 0 aromatic rings. The molecule has 0 saturated carbocycles. The molecule has 0 fully saturated rings. The van der Waals surface area contributed by atoms with Crippen LogP contribution in [-0.4, -0.2) is 17.8 Å². The Morgan fingerprint density at radius 2 is 1.40 bits per heavy atom. The molecule has 0 unspecified atom stereocenters. The van der Waals surface area contributed by atoms with Gasteiger partial charge >= 0.3 is 0 Å². The van der Waals surface area contributed by atoms with Crippen LogP contribution in [0.4, 0.5) is 0 Å². The molecule has 2 nitrogen and oxygen atoms in total. The fourth-order valence-corrected chi connectivity index (χ4v) is 2.15. The number of allylic oxidation sites excluding steroid dienone is 7. The van der Waals surface area contributed by atoms with E-state index in [1.54, 1.807) is 0 Å². The summed E-state index contributed by atoms with van der Waals surface area (Å²) >= 11 is 0. The summed E-state index contributed by atoms with van der Waals surface area (Å²) in [4.78, 5) is 0. The first-order chi connectivity index (χ1) is 9.09. The van der Waals surface area contributed by atoms with Gasteiger partial charge in [0.15, 0.2) is 6.21 Å². The summed E-state index contributed by atoms with van der Waals surface area (Å²) in [5.41, 5.74) is 2.44. The molecule has 20 heavy (non-hydrogen) atoms. The van der Waals surface area contributed by atoms with E-state index in [0.29, 0.717) is 0 Å². The average Bonchev–Trinajstić information content (AvgIpc) is 2.72. The van der Waals surface area contributed by atoms with Crippen molar-refractivity contribution in [3.8, 4) is 0 Å². The summed E-state index contributed by atoms with van der Waals surface area (Å²) in [5.74, 6) is 2.06. The number of likely N-dealkylation sites (N-methyl/N-ethyl adjacent to an activating group) is 1. The lowest BCUT2D eigenvalue weighted by atomic mass is 9.87. The van der Waals surface area contributed by atoms with E-state index in [1.165, 1.54) is 11.3 Å². The minimum Gasteiger partial charge on any atom is -0.465 e. The molecule has 0 amide bonds. The molecule has 0 atom stereocenters. The fourth-order valence-electron chi connectivity index (χ4n) is 2.15. The van der Waals surface area contributed by atoms with Gasteiger partial charge in [0.1, 0.15) is 18.6 Å². The minimum atomic E-state index is 0.00116. The van der Waals surface area contributed by atoms with E-state index >= 15 is 0 Å². The van der Waals surface area contributed by atoms with Crippen molar-refractivity contribution < 1.29 is 9.31 Å². The predicted molar refractivity (Wildman–Crippen MR) is 84.6 cm³/mol. The number of hydrogen-bond donors (Lipinski definition) is 0. The van der Waals surface area contributed by atoms with Crippen molar-refractivity contribution in [2.24, 2.45) is 10.8 Å². The van der Waals surface area contributed by atoms with Gasteiger partial charge in [-0.2, -0.15) is 0 Å². The third kappa shape index (κ3) is 2.95. The van der Waals surface area contributed by atoms with E-state index in [1.807, 2.05) is 0 Å². The molecular formula is C18H26NO+. The van der Waals surface area contributed by atoms with Crippen LogP contribution in [0.3, 0.4) is 0 Å². The third-order valence-electron chi connectivity index (χ3n) is 3.51. The molecule has 2 aliphatic heterocycles. The van der Waals surface area contributed by atoms with Gasteiger partial charge in [-0.15, -0.1) is 0 Å². The maximum Gasteiger partial charge on any atom is 0.212 e. The first kappa shape index (κ1) is 14.8. The topological polar surface area (TPSA) is 12.2 Å². The highest BCUT2D eigenvalue weighted by Gasteiger charge is 2.30. The first-order valence-electron chi connectivity index (χ1n) is 7.20. The van der Waals surface area contributed by atoms with E-state index in [2.05, 4.69) is 83.7 Å². The molecule has 0 bridgehead atoms. The summed E-state index contributed by atoms with van der Waals surface area (Å²) in [6.07, 6.45) is 10.6. The number of rotatable bonds is 0. The molecule has 0 radical (unpaired) electrons. The van der Waals surface area contributed by atoms with Crippen molar-refractivity contribution in [1.29, 1.82) is 0 Å². The van der Waals surface area contributed by atoms with Gasteiger partial charge in [0.25, 0.3) is 0 Å². The summed E-state index contributed by atoms with van der Waals surface area (Å²) in [5, 5.41) is 0. The van der Waals surface area contributed by atoms with Crippen molar-refractivity contribution in [3.05, 3.63) is 47.1 Å². The van der Waals surface area contributed by atoms with Gasteiger partial charge in [-0.25, -0.2) is 4.58 Å². The summed E-state index contributed by atoms with van der Waals surface area (Å²) in [6, 6.07) is 0. The standard InChI is InChI=1S/C18H26NO/c1-17(2,3)15-11-13(14-9-8-10-19(14)7)12-16(20-15)18(4,5)6/h8-12H,1-7H3/q+1. The molecule has 0 spiro atoms. The molecule has 0 aromatic carbocycles. The second-order valence-electron chi connectivity index (χ2n) is 7.58. The maximum atomic E-state index is 6.18. The van der Waals surface area contributed by atoms with Crippen molar-refractivity contribution in [2.45, 2.75) is 41.5 Å². The van der Waals surface area contributed by atoms with Gasteiger partial charge in [-0.3, -0.25) is 0 Å². The second kappa shape index (κ2) is 4.76. The Kier molecular flexibility index (Phi) is 3.53. The lowest BCUT2D eigenvalue weighted by molar-refractivity contribution is -0.429. The molecule has 0 N–H and O–H groups in total. The molecule has 2 heteroatoms. The van der Waals surface area contributed by atoms with Crippen LogP contribution in [0.25, 0.3) is 0 Å². The largest absolute Gasteiger partial charge is 0.465 e. The maximum absolute atomic E-state index is 6.18.